The summed E-state index contributed by atoms with van der Waals surface area (Å²) in [7, 11) is 2.36. The van der Waals surface area contributed by atoms with Crippen molar-refractivity contribution >= 4 is 40.5 Å². The normalized spacial score (nSPS) is 12.7. The summed E-state index contributed by atoms with van der Waals surface area (Å²) in [6.07, 6.45) is 2.92. The molecule has 0 unspecified atom stereocenters. The Kier molecular flexibility index (Phi) is 5.09. The van der Waals surface area contributed by atoms with Crippen molar-refractivity contribution in [2.45, 2.75) is 6.92 Å². The number of benzene rings is 1. The second-order valence-corrected chi connectivity index (χ2v) is 7.63. The molecule has 35 heavy (non-hydrogen) atoms. The summed E-state index contributed by atoms with van der Waals surface area (Å²) in [6, 6.07) is 9.16. The lowest BCUT2D eigenvalue weighted by Gasteiger charge is -2.16. The first-order valence-corrected chi connectivity index (χ1v) is 10.4. The number of fused-ring (bicyclic) bond motifs is 3. The molecule has 11 heteroatoms. The van der Waals surface area contributed by atoms with Gasteiger partial charge >= 0.3 is 11.9 Å². The molecule has 1 aliphatic rings. The second-order valence-electron chi connectivity index (χ2n) is 7.63. The number of esters is 2. The number of nitrogens with zero attached hydrogens (tertiary/aromatic N) is 5. The van der Waals surface area contributed by atoms with Gasteiger partial charge in [0.05, 0.1) is 53.2 Å². The van der Waals surface area contributed by atoms with Crippen LogP contribution in [0.2, 0.25) is 0 Å². The number of aryl methyl sites for hydroxylation is 1. The van der Waals surface area contributed by atoms with E-state index in [1.54, 1.807) is 31.3 Å². The number of aromatic nitrogens is 4. The number of rotatable bonds is 4. The van der Waals surface area contributed by atoms with Gasteiger partial charge in [0.1, 0.15) is 0 Å². The van der Waals surface area contributed by atoms with Crippen molar-refractivity contribution in [1.29, 1.82) is 0 Å². The number of pyridine rings is 2. The number of carbonyl (C=O) groups excluding carboxylic acids is 4. The quantitative estimate of drug-likeness (QED) is 0.325. The van der Waals surface area contributed by atoms with Gasteiger partial charge in [-0.3, -0.25) is 9.59 Å². The minimum Gasteiger partial charge on any atom is -0.465 e. The van der Waals surface area contributed by atoms with Crippen molar-refractivity contribution < 1.29 is 28.7 Å². The maximum Gasteiger partial charge on any atom is 0.337 e. The van der Waals surface area contributed by atoms with Crippen LogP contribution in [0.4, 0.5) is 5.69 Å². The minimum atomic E-state index is -0.745. The average molecular weight is 471 g/mol. The SMILES string of the molecule is COC(=O)c1cc(C(=O)OC)cc(N2C(=O)c3cnc4c(c(C)nn4-c4ccccn4)c3C2=O)c1. The molecule has 0 N–H and O–H groups in total. The highest BCUT2D eigenvalue weighted by Gasteiger charge is 2.40. The molecule has 174 valence electrons. The Labute approximate surface area is 197 Å². The van der Waals surface area contributed by atoms with Crippen molar-refractivity contribution in [1.82, 2.24) is 19.7 Å². The molecule has 0 aliphatic carbocycles. The number of ether oxygens (including phenoxy) is 2. The van der Waals surface area contributed by atoms with E-state index in [-0.39, 0.29) is 27.9 Å². The van der Waals surface area contributed by atoms with Gasteiger partial charge in [0.25, 0.3) is 11.8 Å². The van der Waals surface area contributed by atoms with E-state index < -0.39 is 23.8 Å². The molecule has 0 radical (unpaired) electrons. The van der Waals surface area contributed by atoms with Crippen LogP contribution in [0.15, 0.2) is 48.8 Å². The monoisotopic (exact) mass is 471 g/mol. The molecule has 0 bridgehead atoms. The number of hydrogen-bond donors (Lipinski definition) is 0. The molecule has 4 aromatic rings. The molecule has 0 saturated carbocycles. The van der Waals surface area contributed by atoms with Gasteiger partial charge in [0.15, 0.2) is 11.5 Å². The molecule has 0 saturated heterocycles. The molecule has 0 atom stereocenters. The molecule has 1 aliphatic heterocycles. The molecule has 5 rings (SSSR count). The molecule has 4 heterocycles. The zero-order chi connectivity index (χ0) is 24.9. The number of anilines is 1. The van der Waals surface area contributed by atoms with Gasteiger partial charge in [0.2, 0.25) is 0 Å². The van der Waals surface area contributed by atoms with E-state index in [0.29, 0.717) is 22.5 Å². The zero-order valence-corrected chi connectivity index (χ0v) is 18.8. The molecular weight excluding hydrogens is 454 g/mol. The van der Waals surface area contributed by atoms with Gasteiger partial charge in [-0.1, -0.05) is 6.07 Å². The Morgan fingerprint density at radius 3 is 2.20 bits per heavy atom. The first-order chi connectivity index (χ1) is 16.8. The maximum atomic E-state index is 13.6. The van der Waals surface area contributed by atoms with Crippen molar-refractivity contribution in [3.8, 4) is 5.82 Å². The van der Waals surface area contributed by atoms with E-state index in [9.17, 15) is 19.2 Å². The fraction of sp³-hybridized carbons (Fsp3) is 0.125. The number of amides is 2. The van der Waals surface area contributed by atoms with Crippen molar-refractivity contribution in [3.63, 3.8) is 0 Å². The third-order valence-corrected chi connectivity index (χ3v) is 5.61. The van der Waals surface area contributed by atoms with Crippen LogP contribution < -0.4 is 4.90 Å². The number of methoxy groups -OCH3 is 2. The summed E-state index contributed by atoms with van der Waals surface area (Å²) in [5.41, 5.74) is 1.02. The summed E-state index contributed by atoms with van der Waals surface area (Å²) in [5, 5.41) is 4.89. The highest BCUT2D eigenvalue weighted by molar-refractivity contribution is 6.37. The highest BCUT2D eigenvalue weighted by atomic mass is 16.5. The van der Waals surface area contributed by atoms with Crippen LogP contribution in [0.5, 0.6) is 0 Å². The molecule has 1 aromatic carbocycles. The molecule has 0 fully saturated rings. The predicted octanol–water partition coefficient (Wildman–Crippen LogP) is 2.50. The second kappa shape index (κ2) is 8.13. The fourth-order valence-electron chi connectivity index (χ4n) is 4.05. The third kappa shape index (κ3) is 3.32. The number of hydrogen-bond acceptors (Lipinski definition) is 9. The lowest BCUT2D eigenvalue weighted by Crippen LogP contribution is -2.30. The van der Waals surface area contributed by atoms with Crippen LogP contribution in [-0.2, 0) is 9.47 Å². The number of imide groups is 1. The van der Waals surface area contributed by atoms with Crippen LogP contribution in [0, 0.1) is 6.92 Å². The van der Waals surface area contributed by atoms with Crippen LogP contribution >= 0.6 is 0 Å². The summed E-state index contributed by atoms with van der Waals surface area (Å²) >= 11 is 0. The summed E-state index contributed by atoms with van der Waals surface area (Å²) in [6.45, 7) is 1.71. The van der Waals surface area contributed by atoms with Gasteiger partial charge < -0.3 is 9.47 Å². The zero-order valence-electron chi connectivity index (χ0n) is 18.8. The Bertz CT molecular complexity index is 1530. The minimum absolute atomic E-state index is 0.0161. The summed E-state index contributed by atoms with van der Waals surface area (Å²) < 4.78 is 11.0. The number of carbonyl (C=O) groups is 4. The van der Waals surface area contributed by atoms with Crippen molar-refractivity contribution in [3.05, 3.63) is 76.7 Å². The molecular formula is C24H17N5O6. The maximum absolute atomic E-state index is 13.6. The smallest absolute Gasteiger partial charge is 0.337 e. The lowest BCUT2D eigenvalue weighted by molar-refractivity contribution is 0.0598. The highest BCUT2D eigenvalue weighted by Crippen LogP contribution is 2.35. The van der Waals surface area contributed by atoms with Crippen LogP contribution in [0.1, 0.15) is 47.1 Å². The predicted molar refractivity (Wildman–Crippen MR) is 122 cm³/mol. The van der Waals surface area contributed by atoms with Crippen LogP contribution in [0.25, 0.3) is 16.9 Å². The molecule has 11 nitrogen and oxygen atoms in total. The first kappa shape index (κ1) is 21.9. The summed E-state index contributed by atoms with van der Waals surface area (Å²) in [5.74, 6) is -2.28. The van der Waals surface area contributed by atoms with E-state index in [1.807, 2.05) is 0 Å². The molecule has 0 spiro atoms. The topological polar surface area (TPSA) is 134 Å². The average Bonchev–Trinajstić information content (AvgIpc) is 3.36. The van der Waals surface area contributed by atoms with Gasteiger partial charge in [0, 0.05) is 12.4 Å². The molecule has 2 amide bonds. The van der Waals surface area contributed by atoms with Crippen LogP contribution in [0.3, 0.4) is 0 Å². The fourth-order valence-corrected chi connectivity index (χ4v) is 4.05. The Hall–Kier alpha value is -4.93. The Morgan fingerprint density at radius 1 is 0.914 bits per heavy atom. The Morgan fingerprint density at radius 2 is 1.60 bits per heavy atom. The van der Waals surface area contributed by atoms with Crippen LogP contribution in [-0.4, -0.2) is 57.7 Å². The van der Waals surface area contributed by atoms with E-state index in [1.165, 1.54) is 43.3 Å². The van der Waals surface area contributed by atoms with E-state index >= 15 is 0 Å². The largest absolute Gasteiger partial charge is 0.465 e. The van der Waals surface area contributed by atoms with E-state index in [0.717, 1.165) is 4.90 Å². The van der Waals surface area contributed by atoms with Crippen molar-refractivity contribution in [2.75, 3.05) is 19.1 Å². The van der Waals surface area contributed by atoms with E-state index in [2.05, 4.69) is 15.1 Å². The van der Waals surface area contributed by atoms with Gasteiger partial charge in [-0.05, 0) is 37.3 Å². The standard InChI is InChI=1S/C24H17N5O6/c1-12-18-19-16(11-26-20(18)29(27-12)17-6-4-5-7-25-17)21(30)28(22(19)31)15-9-13(23(32)34-2)8-14(10-15)24(33)35-3/h4-11H,1-3H3. The van der Waals surface area contributed by atoms with Crippen molar-refractivity contribution in [2.24, 2.45) is 0 Å². The first-order valence-electron chi connectivity index (χ1n) is 10.4. The molecule has 3 aromatic heterocycles. The van der Waals surface area contributed by atoms with E-state index in [4.69, 9.17) is 9.47 Å². The van der Waals surface area contributed by atoms with Gasteiger partial charge in [-0.2, -0.15) is 9.78 Å². The van der Waals surface area contributed by atoms with Gasteiger partial charge in [-0.15, -0.1) is 0 Å². The Balaban J connectivity index is 1.68. The lowest BCUT2D eigenvalue weighted by atomic mass is 10.1. The summed E-state index contributed by atoms with van der Waals surface area (Å²) in [4.78, 5) is 60.9. The van der Waals surface area contributed by atoms with Gasteiger partial charge in [-0.25, -0.2) is 24.5 Å². The third-order valence-electron chi connectivity index (χ3n) is 5.61.